The molecule has 0 amide bonds. The molecule has 1 aliphatic carbocycles. The molecule has 0 saturated heterocycles. The molecule has 7 heteroatoms. The van der Waals surface area contributed by atoms with Crippen LogP contribution in [0.3, 0.4) is 0 Å². The topological polar surface area (TPSA) is 33.0 Å². The lowest BCUT2D eigenvalue weighted by molar-refractivity contribution is -0.185. The molecule has 1 fully saturated rings. The first-order valence-electron chi connectivity index (χ1n) is 11.5. The number of hydrogen-bond donors (Lipinski definition) is 0. The zero-order chi connectivity index (χ0) is 25.0. The van der Waals surface area contributed by atoms with E-state index < -0.39 is 23.3 Å². The van der Waals surface area contributed by atoms with Gasteiger partial charge in [0, 0.05) is 9.49 Å². The van der Waals surface area contributed by atoms with Crippen LogP contribution in [0.4, 0.5) is 17.6 Å². The van der Waals surface area contributed by atoms with Crippen LogP contribution in [0.25, 0.3) is 11.1 Å². The molecule has 3 aromatic carbocycles. The molecule has 0 N–H and O–H groups in total. The molecule has 0 radical (unpaired) electrons. The van der Waals surface area contributed by atoms with E-state index in [9.17, 15) is 17.6 Å². The fraction of sp³-hybridized carbons (Fsp3) is 0.321. The number of nitrogens with zero attached hydrogens (tertiary/aromatic N) is 1. The van der Waals surface area contributed by atoms with Crippen molar-refractivity contribution in [3.05, 3.63) is 89.0 Å². The predicted octanol–water partition coefficient (Wildman–Crippen LogP) is 8.56. The minimum atomic E-state index is -3.76. The molecule has 4 rings (SSSR count). The maximum Gasteiger partial charge on any atom is 0.426 e. The molecular weight excluding hydrogens is 569 g/mol. The van der Waals surface area contributed by atoms with Gasteiger partial charge in [0.25, 0.3) is 0 Å². The molecule has 0 heterocycles. The van der Waals surface area contributed by atoms with E-state index in [1.165, 1.54) is 49.9 Å². The largest absolute Gasteiger partial charge is 0.429 e. The van der Waals surface area contributed by atoms with Gasteiger partial charge >= 0.3 is 6.11 Å². The van der Waals surface area contributed by atoms with Gasteiger partial charge in [-0.3, -0.25) is 0 Å². The van der Waals surface area contributed by atoms with Crippen molar-refractivity contribution in [1.29, 1.82) is 5.26 Å². The van der Waals surface area contributed by atoms with Crippen LogP contribution in [-0.4, -0.2) is 3.92 Å². The minimum Gasteiger partial charge on any atom is -0.429 e. The number of nitriles is 1. The number of benzene rings is 3. The fourth-order valence-corrected chi connectivity index (χ4v) is 5.14. The summed E-state index contributed by atoms with van der Waals surface area (Å²) in [6.45, 7) is 0. The van der Waals surface area contributed by atoms with Crippen molar-refractivity contribution in [2.45, 2.75) is 48.6 Å². The van der Waals surface area contributed by atoms with Gasteiger partial charge in [-0.05, 0) is 92.0 Å². The lowest BCUT2D eigenvalue weighted by atomic mass is 9.85. The maximum absolute atomic E-state index is 14.8. The molecule has 1 saturated carbocycles. The van der Waals surface area contributed by atoms with E-state index in [0.29, 0.717) is 6.07 Å². The number of alkyl halides is 3. The molecule has 3 aromatic rings. The zero-order valence-electron chi connectivity index (χ0n) is 18.9. The quantitative estimate of drug-likeness (QED) is 0.156. The first kappa shape index (κ1) is 25.5. The van der Waals surface area contributed by atoms with Gasteiger partial charge in [0.15, 0.2) is 0 Å². The number of ether oxygens (including phenoxy) is 1. The summed E-state index contributed by atoms with van der Waals surface area (Å²) in [5, 5.41) is 8.82. The van der Waals surface area contributed by atoms with Crippen LogP contribution in [0.15, 0.2) is 60.7 Å². The highest BCUT2D eigenvalue weighted by Crippen LogP contribution is 2.35. The standard InChI is InChI=1S/C28H24F4INO/c29-26-15-20(7-8-21(26)17-34)25-14-9-22(16-27(25)30)28(31,32)35-24-12-5-19(6-13-24)2-1-18-3-10-23(33)11-4-18/h5-9,12-16,18,23H,1-4,10-11H2. The molecule has 2 nitrogen and oxygen atoms in total. The Morgan fingerprint density at radius 2 is 1.63 bits per heavy atom. The third-order valence-corrected chi connectivity index (χ3v) is 7.74. The lowest BCUT2D eigenvalue weighted by Crippen LogP contribution is -2.22. The van der Waals surface area contributed by atoms with Crippen molar-refractivity contribution >= 4 is 22.6 Å². The third-order valence-electron chi connectivity index (χ3n) is 6.49. The minimum absolute atomic E-state index is 0.0113. The van der Waals surface area contributed by atoms with E-state index in [1.807, 2.05) is 0 Å². The number of rotatable bonds is 7. The third kappa shape index (κ3) is 6.35. The van der Waals surface area contributed by atoms with E-state index in [2.05, 4.69) is 22.6 Å². The summed E-state index contributed by atoms with van der Waals surface area (Å²) in [4.78, 5) is 0. The normalized spacial score (nSPS) is 18.2. The molecule has 182 valence electrons. The van der Waals surface area contributed by atoms with Crippen molar-refractivity contribution in [1.82, 2.24) is 0 Å². The molecular formula is C28H24F4INO. The van der Waals surface area contributed by atoms with Crippen molar-refractivity contribution in [3.63, 3.8) is 0 Å². The van der Waals surface area contributed by atoms with Crippen molar-refractivity contribution in [3.8, 4) is 22.9 Å². The number of aryl methyl sites for hydroxylation is 1. The molecule has 0 atom stereocenters. The predicted molar refractivity (Wildman–Crippen MR) is 136 cm³/mol. The summed E-state index contributed by atoms with van der Waals surface area (Å²) in [6.07, 6.45) is 3.25. The van der Waals surface area contributed by atoms with Crippen LogP contribution >= 0.6 is 22.6 Å². The van der Waals surface area contributed by atoms with E-state index in [-0.39, 0.29) is 22.4 Å². The van der Waals surface area contributed by atoms with Gasteiger partial charge in [-0.15, -0.1) is 0 Å². The number of halogens is 5. The number of hydrogen-bond acceptors (Lipinski definition) is 2. The Balaban J connectivity index is 1.41. The van der Waals surface area contributed by atoms with Crippen LogP contribution < -0.4 is 4.74 Å². The average molecular weight is 593 g/mol. The average Bonchev–Trinajstić information content (AvgIpc) is 2.84. The van der Waals surface area contributed by atoms with Gasteiger partial charge in [-0.25, -0.2) is 8.78 Å². The summed E-state index contributed by atoms with van der Waals surface area (Å²) in [7, 11) is 0. The van der Waals surface area contributed by atoms with Crippen LogP contribution in [0.2, 0.25) is 0 Å². The Morgan fingerprint density at radius 1 is 0.914 bits per heavy atom. The summed E-state index contributed by atoms with van der Waals surface area (Å²) in [6, 6.07) is 14.7. The molecule has 0 bridgehead atoms. The van der Waals surface area contributed by atoms with E-state index in [0.717, 1.165) is 46.4 Å². The Kier molecular flexibility index (Phi) is 8.00. The highest BCUT2D eigenvalue weighted by molar-refractivity contribution is 14.1. The Hall–Kier alpha value is -2.60. The van der Waals surface area contributed by atoms with Crippen LogP contribution in [0.5, 0.6) is 5.75 Å². The molecule has 35 heavy (non-hydrogen) atoms. The summed E-state index contributed by atoms with van der Waals surface area (Å²) >= 11 is 2.51. The highest BCUT2D eigenvalue weighted by Gasteiger charge is 2.35. The Labute approximate surface area is 216 Å². The summed E-state index contributed by atoms with van der Waals surface area (Å²) in [5.74, 6) is -1.04. The van der Waals surface area contributed by atoms with E-state index in [4.69, 9.17) is 10.00 Å². The second kappa shape index (κ2) is 11.0. The van der Waals surface area contributed by atoms with Crippen molar-refractivity contribution < 1.29 is 22.3 Å². The van der Waals surface area contributed by atoms with Crippen LogP contribution in [-0.2, 0) is 12.5 Å². The molecule has 0 unspecified atom stereocenters. The SMILES string of the molecule is N#Cc1ccc(-c2ccc(C(F)(F)Oc3ccc(CCC4CCC(I)CC4)cc3)cc2F)cc1F. The summed E-state index contributed by atoms with van der Waals surface area (Å²) < 4.78 is 63.7. The van der Waals surface area contributed by atoms with Crippen molar-refractivity contribution in [2.75, 3.05) is 0 Å². The summed E-state index contributed by atoms with van der Waals surface area (Å²) in [5.41, 5.74) is 0.335. The highest BCUT2D eigenvalue weighted by atomic mass is 127. The van der Waals surface area contributed by atoms with E-state index in [1.54, 1.807) is 18.2 Å². The zero-order valence-corrected chi connectivity index (χ0v) is 21.1. The second-order valence-electron chi connectivity index (χ2n) is 8.92. The first-order chi connectivity index (χ1) is 16.7. The first-order valence-corrected chi connectivity index (χ1v) is 12.8. The molecule has 1 aliphatic rings. The van der Waals surface area contributed by atoms with Gasteiger partial charge < -0.3 is 4.74 Å². The maximum atomic E-state index is 14.8. The van der Waals surface area contributed by atoms with E-state index >= 15 is 0 Å². The Morgan fingerprint density at radius 3 is 2.26 bits per heavy atom. The fourth-order valence-electron chi connectivity index (χ4n) is 4.42. The molecule has 0 spiro atoms. The van der Waals surface area contributed by atoms with Gasteiger partial charge in [-0.1, -0.05) is 46.9 Å². The second-order valence-corrected chi connectivity index (χ2v) is 10.7. The Bertz CT molecular complexity index is 1210. The van der Waals surface area contributed by atoms with Crippen molar-refractivity contribution in [2.24, 2.45) is 5.92 Å². The van der Waals surface area contributed by atoms with Gasteiger partial charge in [-0.2, -0.15) is 14.0 Å². The van der Waals surface area contributed by atoms with Crippen LogP contribution in [0.1, 0.15) is 48.8 Å². The lowest BCUT2D eigenvalue weighted by Gasteiger charge is -2.25. The van der Waals surface area contributed by atoms with Gasteiger partial charge in [0.2, 0.25) is 0 Å². The molecule has 0 aliphatic heterocycles. The smallest absolute Gasteiger partial charge is 0.426 e. The van der Waals surface area contributed by atoms with Crippen LogP contribution in [0, 0.1) is 28.9 Å². The van der Waals surface area contributed by atoms with Gasteiger partial charge in [0.05, 0.1) is 11.1 Å². The monoisotopic (exact) mass is 593 g/mol. The molecule has 0 aromatic heterocycles. The van der Waals surface area contributed by atoms with Gasteiger partial charge in [0.1, 0.15) is 23.5 Å².